The molecule has 4 heteroatoms. The van der Waals surface area contributed by atoms with Crippen LogP contribution in [0.1, 0.15) is 32.3 Å². The topological polar surface area (TPSA) is 55.2 Å². The van der Waals surface area contributed by atoms with Crippen LogP contribution in [0.4, 0.5) is 11.4 Å². The maximum Gasteiger partial charge on any atom is 0.271 e. The van der Waals surface area contributed by atoms with E-state index in [0.717, 1.165) is 24.2 Å². The molecule has 0 heterocycles. The van der Waals surface area contributed by atoms with Gasteiger partial charge in [0.05, 0.1) is 4.92 Å². The van der Waals surface area contributed by atoms with E-state index < -0.39 is 0 Å². The molecule has 0 aromatic heterocycles. The van der Waals surface area contributed by atoms with E-state index in [-0.39, 0.29) is 10.6 Å². The zero-order valence-corrected chi connectivity index (χ0v) is 10.7. The van der Waals surface area contributed by atoms with E-state index in [4.69, 9.17) is 0 Å². The first-order valence-corrected chi connectivity index (χ1v) is 6.03. The molecule has 0 saturated heterocycles. The van der Waals surface area contributed by atoms with Crippen LogP contribution in [-0.4, -0.2) is 11.5 Å². The summed E-state index contributed by atoms with van der Waals surface area (Å²) >= 11 is 0. The van der Waals surface area contributed by atoms with Gasteiger partial charge in [0.25, 0.3) is 5.69 Å². The van der Waals surface area contributed by atoms with Gasteiger partial charge in [-0.05, 0) is 24.8 Å². The highest BCUT2D eigenvalue weighted by Crippen LogP contribution is 2.22. The molecule has 17 heavy (non-hydrogen) atoms. The van der Waals surface area contributed by atoms with E-state index in [0.29, 0.717) is 5.92 Å². The number of aryl methyl sites for hydroxylation is 1. The van der Waals surface area contributed by atoms with Crippen molar-refractivity contribution in [1.82, 2.24) is 0 Å². The van der Waals surface area contributed by atoms with Gasteiger partial charge < -0.3 is 5.32 Å². The van der Waals surface area contributed by atoms with Crippen molar-refractivity contribution in [3.05, 3.63) is 33.9 Å². The van der Waals surface area contributed by atoms with Crippen LogP contribution in [0.15, 0.2) is 18.2 Å². The molecule has 1 unspecified atom stereocenters. The van der Waals surface area contributed by atoms with Gasteiger partial charge in [-0.3, -0.25) is 10.1 Å². The fraction of sp³-hybridized carbons (Fsp3) is 0.538. The molecule has 1 aromatic rings. The smallest absolute Gasteiger partial charge is 0.271 e. The second-order valence-corrected chi connectivity index (χ2v) is 4.53. The molecule has 0 spiro atoms. The van der Waals surface area contributed by atoms with Crippen molar-refractivity contribution in [3.63, 3.8) is 0 Å². The Morgan fingerprint density at radius 1 is 1.47 bits per heavy atom. The van der Waals surface area contributed by atoms with E-state index in [1.54, 1.807) is 12.1 Å². The van der Waals surface area contributed by atoms with Gasteiger partial charge in [-0.25, -0.2) is 0 Å². The van der Waals surface area contributed by atoms with Gasteiger partial charge in [-0.1, -0.05) is 26.3 Å². The van der Waals surface area contributed by atoms with Crippen molar-refractivity contribution in [1.29, 1.82) is 0 Å². The Morgan fingerprint density at radius 3 is 2.76 bits per heavy atom. The van der Waals surface area contributed by atoms with E-state index in [1.807, 2.05) is 6.92 Å². The summed E-state index contributed by atoms with van der Waals surface area (Å²) in [4.78, 5) is 10.3. The molecule has 1 N–H and O–H groups in total. The fourth-order valence-electron chi connectivity index (χ4n) is 1.79. The lowest BCUT2D eigenvalue weighted by Gasteiger charge is -2.14. The van der Waals surface area contributed by atoms with Crippen LogP contribution >= 0.6 is 0 Å². The second-order valence-electron chi connectivity index (χ2n) is 4.53. The molecular formula is C13H20N2O2. The third kappa shape index (κ3) is 4.06. The summed E-state index contributed by atoms with van der Waals surface area (Å²) < 4.78 is 0. The van der Waals surface area contributed by atoms with Crippen molar-refractivity contribution in [3.8, 4) is 0 Å². The third-order valence-electron chi connectivity index (χ3n) is 2.85. The number of nitrogens with one attached hydrogen (secondary N) is 1. The lowest BCUT2D eigenvalue weighted by molar-refractivity contribution is -0.384. The molecule has 0 aliphatic rings. The van der Waals surface area contributed by atoms with Crippen molar-refractivity contribution in [2.45, 2.75) is 33.6 Å². The molecule has 0 radical (unpaired) electrons. The standard InChI is InChI=1S/C13H20N2O2/c1-4-5-10(2)9-14-13-8-12(15(16)17)7-6-11(13)3/h6-8,10,14H,4-5,9H2,1-3H3. The van der Waals surface area contributed by atoms with Crippen molar-refractivity contribution >= 4 is 11.4 Å². The maximum atomic E-state index is 10.7. The highest BCUT2D eigenvalue weighted by molar-refractivity contribution is 5.56. The van der Waals surface area contributed by atoms with E-state index >= 15 is 0 Å². The molecule has 0 aliphatic carbocycles. The first-order chi connectivity index (χ1) is 8.04. The highest BCUT2D eigenvalue weighted by Gasteiger charge is 2.09. The van der Waals surface area contributed by atoms with Gasteiger partial charge in [-0.15, -0.1) is 0 Å². The summed E-state index contributed by atoms with van der Waals surface area (Å²) in [7, 11) is 0. The van der Waals surface area contributed by atoms with Crippen LogP contribution in [0, 0.1) is 23.0 Å². The van der Waals surface area contributed by atoms with Gasteiger partial charge in [0.2, 0.25) is 0 Å². The van der Waals surface area contributed by atoms with Crippen molar-refractivity contribution in [2.24, 2.45) is 5.92 Å². The number of hydrogen-bond donors (Lipinski definition) is 1. The van der Waals surface area contributed by atoms with Gasteiger partial charge in [0, 0.05) is 24.4 Å². The van der Waals surface area contributed by atoms with Crippen molar-refractivity contribution < 1.29 is 4.92 Å². The summed E-state index contributed by atoms with van der Waals surface area (Å²) in [6.45, 7) is 7.16. The number of rotatable bonds is 6. The van der Waals surface area contributed by atoms with Gasteiger partial charge >= 0.3 is 0 Å². The molecule has 1 atom stereocenters. The largest absolute Gasteiger partial charge is 0.384 e. The van der Waals surface area contributed by atoms with Crippen LogP contribution in [0.25, 0.3) is 0 Å². The molecule has 1 rings (SSSR count). The zero-order chi connectivity index (χ0) is 12.8. The fourth-order valence-corrected chi connectivity index (χ4v) is 1.79. The molecule has 0 saturated carbocycles. The number of hydrogen-bond acceptors (Lipinski definition) is 3. The van der Waals surface area contributed by atoms with E-state index in [2.05, 4.69) is 19.2 Å². The van der Waals surface area contributed by atoms with E-state index in [9.17, 15) is 10.1 Å². The predicted octanol–water partition coefficient (Wildman–Crippen LogP) is 3.75. The Balaban J connectivity index is 2.69. The average Bonchev–Trinajstić information content (AvgIpc) is 2.28. The normalized spacial score (nSPS) is 12.2. The molecule has 0 bridgehead atoms. The quantitative estimate of drug-likeness (QED) is 0.604. The lowest BCUT2D eigenvalue weighted by atomic mass is 10.1. The number of nitrogens with zero attached hydrogens (tertiary/aromatic N) is 1. The molecule has 94 valence electrons. The minimum Gasteiger partial charge on any atom is -0.384 e. The van der Waals surface area contributed by atoms with Crippen LogP contribution < -0.4 is 5.32 Å². The molecule has 0 aliphatic heterocycles. The van der Waals surface area contributed by atoms with Crippen LogP contribution in [0.5, 0.6) is 0 Å². The lowest BCUT2D eigenvalue weighted by Crippen LogP contribution is -2.11. The molecule has 4 nitrogen and oxygen atoms in total. The maximum absolute atomic E-state index is 10.7. The summed E-state index contributed by atoms with van der Waals surface area (Å²) in [5.74, 6) is 0.582. The van der Waals surface area contributed by atoms with Crippen LogP contribution in [-0.2, 0) is 0 Å². The minimum absolute atomic E-state index is 0.140. The second kappa shape index (κ2) is 6.23. The molecule has 0 fully saturated rings. The number of benzene rings is 1. The summed E-state index contributed by atoms with van der Waals surface area (Å²) in [5.41, 5.74) is 2.04. The average molecular weight is 236 g/mol. The number of nitro benzene ring substituents is 1. The summed E-state index contributed by atoms with van der Waals surface area (Å²) in [6, 6.07) is 4.93. The van der Waals surface area contributed by atoms with E-state index in [1.165, 1.54) is 12.5 Å². The molecule has 1 aromatic carbocycles. The minimum atomic E-state index is -0.361. The molecule has 0 amide bonds. The van der Waals surface area contributed by atoms with Crippen molar-refractivity contribution in [2.75, 3.05) is 11.9 Å². The Bertz CT molecular complexity index is 391. The first-order valence-electron chi connectivity index (χ1n) is 6.03. The Hall–Kier alpha value is -1.58. The first kappa shape index (κ1) is 13.5. The Morgan fingerprint density at radius 2 is 2.18 bits per heavy atom. The monoisotopic (exact) mass is 236 g/mol. The number of non-ortho nitro benzene ring substituents is 1. The van der Waals surface area contributed by atoms with Crippen LogP contribution in [0.2, 0.25) is 0 Å². The molecular weight excluding hydrogens is 216 g/mol. The SMILES string of the molecule is CCCC(C)CNc1cc([N+](=O)[O-])ccc1C. The van der Waals surface area contributed by atoms with Gasteiger partial charge in [0.15, 0.2) is 0 Å². The third-order valence-corrected chi connectivity index (χ3v) is 2.85. The predicted molar refractivity (Wildman–Crippen MR) is 70.4 cm³/mol. The number of anilines is 1. The van der Waals surface area contributed by atoms with Crippen LogP contribution in [0.3, 0.4) is 0 Å². The Kier molecular flexibility index (Phi) is 4.94. The summed E-state index contributed by atoms with van der Waals surface area (Å²) in [6.07, 6.45) is 2.33. The Labute approximate surface area is 102 Å². The van der Waals surface area contributed by atoms with Gasteiger partial charge in [0.1, 0.15) is 0 Å². The summed E-state index contributed by atoms with van der Waals surface area (Å²) in [5, 5.41) is 14.0. The van der Waals surface area contributed by atoms with Gasteiger partial charge in [-0.2, -0.15) is 0 Å². The zero-order valence-electron chi connectivity index (χ0n) is 10.7. The highest BCUT2D eigenvalue weighted by atomic mass is 16.6. The number of nitro groups is 1.